The lowest BCUT2D eigenvalue weighted by Gasteiger charge is -2.15. The zero-order valence-electron chi connectivity index (χ0n) is 14.9. The molecule has 134 valence electrons. The number of aliphatic carboxylic acids is 1. The van der Waals surface area contributed by atoms with Gasteiger partial charge in [0.1, 0.15) is 5.75 Å². The van der Waals surface area contributed by atoms with Crippen molar-refractivity contribution in [3.8, 4) is 5.75 Å². The molecule has 0 saturated heterocycles. The number of aryl methyl sites for hydroxylation is 2. The van der Waals surface area contributed by atoms with E-state index in [0.717, 1.165) is 11.3 Å². The van der Waals surface area contributed by atoms with Gasteiger partial charge in [-0.25, -0.2) is 4.79 Å². The van der Waals surface area contributed by atoms with Gasteiger partial charge in [-0.05, 0) is 45.4 Å². The molecule has 1 heterocycles. The zero-order chi connectivity index (χ0) is 18.6. The second-order valence-corrected chi connectivity index (χ2v) is 5.81. The van der Waals surface area contributed by atoms with Crippen LogP contribution in [0.5, 0.6) is 5.75 Å². The Morgan fingerprint density at radius 2 is 1.92 bits per heavy atom. The van der Waals surface area contributed by atoms with Gasteiger partial charge in [-0.2, -0.15) is 5.10 Å². The first kappa shape index (κ1) is 18.5. The summed E-state index contributed by atoms with van der Waals surface area (Å²) >= 11 is 0. The molecule has 2 rings (SSSR count). The quantitative estimate of drug-likeness (QED) is 0.804. The maximum absolute atomic E-state index is 12.6. The smallest absolute Gasteiger partial charge is 0.341 e. The second-order valence-electron chi connectivity index (χ2n) is 5.81. The molecule has 1 aromatic carbocycles. The zero-order valence-corrected chi connectivity index (χ0v) is 14.9. The number of hydrogen-bond acceptors (Lipinski definition) is 4. The molecule has 0 saturated carbocycles. The predicted octanol–water partition coefficient (Wildman–Crippen LogP) is 2.47. The first-order valence-electron chi connectivity index (χ1n) is 8.12. The lowest BCUT2D eigenvalue weighted by atomic mass is 10.1. The molecule has 2 N–H and O–H groups in total. The SMILES string of the molecule is CCn1nc(C)c(C(=O)NC(C)c2ccc(OCC(=O)O)cc2)c1C. The van der Waals surface area contributed by atoms with Crippen LogP contribution in [-0.4, -0.2) is 33.4 Å². The number of carboxylic acid groups (broad SMARTS) is 1. The van der Waals surface area contributed by atoms with Crippen molar-refractivity contribution in [2.45, 2.75) is 40.3 Å². The highest BCUT2D eigenvalue weighted by atomic mass is 16.5. The number of amides is 1. The maximum atomic E-state index is 12.6. The summed E-state index contributed by atoms with van der Waals surface area (Å²) in [6.07, 6.45) is 0. The van der Waals surface area contributed by atoms with Crippen molar-refractivity contribution in [2.75, 3.05) is 6.61 Å². The summed E-state index contributed by atoms with van der Waals surface area (Å²) in [6.45, 7) is 7.92. The number of ether oxygens (including phenoxy) is 1. The van der Waals surface area contributed by atoms with Crippen LogP contribution in [0.1, 0.15) is 47.2 Å². The third-order valence-electron chi connectivity index (χ3n) is 4.00. The van der Waals surface area contributed by atoms with E-state index in [0.29, 0.717) is 23.6 Å². The highest BCUT2D eigenvalue weighted by Gasteiger charge is 2.20. The minimum Gasteiger partial charge on any atom is -0.482 e. The van der Waals surface area contributed by atoms with E-state index in [1.807, 2.05) is 32.4 Å². The van der Waals surface area contributed by atoms with Gasteiger partial charge in [0.05, 0.1) is 17.3 Å². The average Bonchev–Trinajstić information content (AvgIpc) is 2.87. The van der Waals surface area contributed by atoms with Crippen LogP contribution in [0.4, 0.5) is 0 Å². The van der Waals surface area contributed by atoms with E-state index in [4.69, 9.17) is 9.84 Å². The number of benzene rings is 1. The standard InChI is InChI=1S/C18H23N3O4/c1-5-21-13(4)17(12(3)20-21)18(24)19-11(2)14-6-8-15(9-7-14)25-10-16(22)23/h6-9,11H,5,10H2,1-4H3,(H,19,24)(H,22,23). The minimum atomic E-state index is -1.02. The third kappa shape index (κ3) is 4.37. The fraction of sp³-hybridized carbons (Fsp3) is 0.389. The van der Waals surface area contributed by atoms with E-state index < -0.39 is 5.97 Å². The molecule has 0 bridgehead atoms. The summed E-state index contributed by atoms with van der Waals surface area (Å²) in [5.41, 5.74) is 3.06. The van der Waals surface area contributed by atoms with Gasteiger partial charge in [0.2, 0.25) is 0 Å². The fourth-order valence-corrected chi connectivity index (χ4v) is 2.68. The van der Waals surface area contributed by atoms with Crippen molar-refractivity contribution in [3.05, 3.63) is 46.8 Å². The van der Waals surface area contributed by atoms with Gasteiger partial charge >= 0.3 is 5.97 Å². The van der Waals surface area contributed by atoms with Gasteiger partial charge in [0.25, 0.3) is 5.91 Å². The summed E-state index contributed by atoms with van der Waals surface area (Å²) < 4.78 is 6.91. The molecule has 1 aromatic heterocycles. The molecule has 7 nitrogen and oxygen atoms in total. The number of hydrogen-bond donors (Lipinski definition) is 2. The highest BCUT2D eigenvalue weighted by Crippen LogP contribution is 2.19. The van der Waals surface area contributed by atoms with Crippen molar-refractivity contribution in [1.29, 1.82) is 0 Å². The number of nitrogens with one attached hydrogen (secondary N) is 1. The Morgan fingerprint density at radius 1 is 1.28 bits per heavy atom. The molecule has 0 fully saturated rings. The van der Waals surface area contributed by atoms with Crippen LogP contribution >= 0.6 is 0 Å². The van der Waals surface area contributed by atoms with E-state index >= 15 is 0 Å². The van der Waals surface area contributed by atoms with Crippen molar-refractivity contribution in [3.63, 3.8) is 0 Å². The molecule has 0 aliphatic carbocycles. The Balaban J connectivity index is 2.06. The largest absolute Gasteiger partial charge is 0.482 e. The number of rotatable bonds is 7. The van der Waals surface area contributed by atoms with Gasteiger partial charge in [-0.3, -0.25) is 9.48 Å². The first-order chi connectivity index (χ1) is 11.8. The highest BCUT2D eigenvalue weighted by molar-refractivity contribution is 5.96. The van der Waals surface area contributed by atoms with Crippen molar-refractivity contribution >= 4 is 11.9 Å². The van der Waals surface area contributed by atoms with Gasteiger partial charge < -0.3 is 15.2 Å². The van der Waals surface area contributed by atoms with Gasteiger partial charge in [0, 0.05) is 12.2 Å². The van der Waals surface area contributed by atoms with Gasteiger partial charge in [0.15, 0.2) is 6.61 Å². The number of carbonyl (C=O) groups excluding carboxylic acids is 1. The summed E-state index contributed by atoms with van der Waals surface area (Å²) in [5, 5.41) is 16.0. The van der Waals surface area contributed by atoms with E-state index in [9.17, 15) is 9.59 Å². The Bertz CT molecular complexity index is 765. The fourth-order valence-electron chi connectivity index (χ4n) is 2.68. The second kappa shape index (κ2) is 7.83. The van der Waals surface area contributed by atoms with Crippen LogP contribution < -0.4 is 10.1 Å². The summed E-state index contributed by atoms with van der Waals surface area (Å²) in [5.74, 6) is -0.711. The number of carboxylic acids is 1. The Labute approximate surface area is 146 Å². The molecule has 0 spiro atoms. The topological polar surface area (TPSA) is 93.5 Å². The molecule has 2 aromatic rings. The Morgan fingerprint density at radius 3 is 2.44 bits per heavy atom. The monoisotopic (exact) mass is 345 g/mol. The number of carbonyl (C=O) groups is 2. The van der Waals surface area contributed by atoms with Crippen LogP contribution in [0.2, 0.25) is 0 Å². The van der Waals surface area contributed by atoms with Gasteiger partial charge in [-0.1, -0.05) is 12.1 Å². The lowest BCUT2D eigenvalue weighted by Crippen LogP contribution is -2.27. The van der Waals surface area contributed by atoms with E-state index in [-0.39, 0.29) is 18.6 Å². The molecular formula is C18H23N3O4. The van der Waals surface area contributed by atoms with Crippen LogP contribution in [0.25, 0.3) is 0 Å². The molecule has 1 unspecified atom stereocenters. The van der Waals surface area contributed by atoms with E-state index in [1.54, 1.807) is 24.3 Å². The Kier molecular flexibility index (Phi) is 5.80. The van der Waals surface area contributed by atoms with E-state index in [2.05, 4.69) is 10.4 Å². The number of aromatic nitrogens is 2. The third-order valence-corrected chi connectivity index (χ3v) is 4.00. The molecular weight excluding hydrogens is 322 g/mol. The lowest BCUT2D eigenvalue weighted by molar-refractivity contribution is -0.139. The van der Waals surface area contributed by atoms with Crippen molar-refractivity contribution in [2.24, 2.45) is 0 Å². The summed E-state index contributed by atoms with van der Waals surface area (Å²) in [7, 11) is 0. The molecule has 0 aliphatic rings. The first-order valence-corrected chi connectivity index (χ1v) is 8.12. The molecule has 7 heteroatoms. The molecule has 0 aliphatic heterocycles. The normalized spacial score (nSPS) is 11.8. The van der Waals surface area contributed by atoms with Crippen molar-refractivity contribution < 1.29 is 19.4 Å². The molecule has 1 atom stereocenters. The van der Waals surface area contributed by atoms with Gasteiger partial charge in [-0.15, -0.1) is 0 Å². The number of nitrogens with zero attached hydrogens (tertiary/aromatic N) is 2. The summed E-state index contributed by atoms with van der Waals surface area (Å²) in [4.78, 5) is 23.1. The van der Waals surface area contributed by atoms with E-state index in [1.165, 1.54) is 0 Å². The average molecular weight is 345 g/mol. The van der Waals surface area contributed by atoms with Crippen LogP contribution in [0.3, 0.4) is 0 Å². The predicted molar refractivity (Wildman–Crippen MR) is 92.8 cm³/mol. The van der Waals surface area contributed by atoms with Crippen LogP contribution in [0, 0.1) is 13.8 Å². The molecule has 1 amide bonds. The minimum absolute atomic E-state index is 0.159. The Hall–Kier alpha value is -2.83. The molecule has 25 heavy (non-hydrogen) atoms. The maximum Gasteiger partial charge on any atom is 0.341 e. The van der Waals surface area contributed by atoms with Crippen molar-refractivity contribution in [1.82, 2.24) is 15.1 Å². The van der Waals surface area contributed by atoms with Crippen LogP contribution in [-0.2, 0) is 11.3 Å². The van der Waals surface area contributed by atoms with Crippen LogP contribution in [0.15, 0.2) is 24.3 Å². The molecule has 0 radical (unpaired) electrons. The summed E-state index contributed by atoms with van der Waals surface area (Å²) in [6, 6.07) is 6.78.